The maximum absolute atomic E-state index is 12.7. The first-order valence-corrected chi connectivity index (χ1v) is 10.1. The van der Waals surface area contributed by atoms with Crippen LogP contribution in [0.1, 0.15) is 73.6 Å². The molecule has 4 heterocycles. The lowest BCUT2D eigenvalue weighted by molar-refractivity contribution is 0.0926. The number of fused-ring (bicyclic) bond motifs is 1. The molecular formula is C19H27N7O. The third kappa shape index (κ3) is 3.79. The predicted molar refractivity (Wildman–Crippen MR) is 102 cm³/mol. The van der Waals surface area contributed by atoms with E-state index in [-0.39, 0.29) is 11.9 Å². The number of aryl methyl sites for hydroxylation is 1. The molecule has 144 valence electrons. The van der Waals surface area contributed by atoms with Gasteiger partial charge in [-0.1, -0.05) is 13.3 Å². The smallest absolute Gasteiger partial charge is 0.272 e. The van der Waals surface area contributed by atoms with E-state index in [1.54, 1.807) is 6.07 Å². The van der Waals surface area contributed by atoms with Crippen molar-refractivity contribution in [3.8, 4) is 0 Å². The maximum atomic E-state index is 12.7. The highest BCUT2D eigenvalue weighted by Crippen LogP contribution is 2.21. The third-order valence-electron chi connectivity index (χ3n) is 5.48. The summed E-state index contributed by atoms with van der Waals surface area (Å²) in [5.41, 5.74) is 0.340. The molecule has 1 atom stereocenters. The predicted octanol–water partition coefficient (Wildman–Crippen LogP) is 2.28. The molecule has 2 aliphatic rings. The number of rotatable bonds is 5. The van der Waals surface area contributed by atoms with Crippen LogP contribution in [0, 0.1) is 0 Å². The Morgan fingerprint density at radius 3 is 2.59 bits per heavy atom. The highest BCUT2D eigenvalue weighted by molar-refractivity contribution is 5.92. The summed E-state index contributed by atoms with van der Waals surface area (Å²) in [6, 6.07) is 3.47. The summed E-state index contributed by atoms with van der Waals surface area (Å²) >= 11 is 0. The molecule has 0 bridgehead atoms. The molecule has 2 aliphatic heterocycles. The van der Waals surface area contributed by atoms with Crippen LogP contribution in [0.4, 0.5) is 5.82 Å². The van der Waals surface area contributed by atoms with E-state index in [0.717, 1.165) is 62.8 Å². The largest absolute Gasteiger partial charge is 0.355 e. The van der Waals surface area contributed by atoms with Gasteiger partial charge in [-0.25, -0.2) is 0 Å². The number of aromatic nitrogens is 5. The summed E-state index contributed by atoms with van der Waals surface area (Å²) < 4.78 is 2.18. The summed E-state index contributed by atoms with van der Waals surface area (Å²) in [5, 5.41) is 20.2. The van der Waals surface area contributed by atoms with Gasteiger partial charge in [-0.05, 0) is 44.2 Å². The minimum atomic E-state index is -0.215. The van der Waals surface area contributed by atoms with Gasteiger partial charge < -0.3 is 14.8 Å². The van der Waals surface area contributed by atoms with Crippen molar-refractivity contribution in [2.75, 3.05) is 18.0 Å². The number of nitrogens with zero attached hydrogens (tertiary/aromatic N) is 6. The van der Waals surface area contributed by atoms with Gasteiger partial charge in [0, 0.05) is 26.1 Å². The zero-order chi connectivity index (χ0) is 18.6. The van der Waals surface area contributed by atoms with Crippen LogP contribution in [0.2, 0.25) is 0 Å². The number of nitrogens with one attached hydrogen (secondary N) is 1. The van der Waals surface area contributed by atoms with Crippen LogP contribution in [0.3, 0.4) is 0 Å². The highest BCUT2D eigenvalue weighted by atomic mass is 16.2. The van der Waals surface area contributed by atoms with Gasteiger partial charge in [-0.2, -0.15) is 0 Å². The Kier molecular flexibility index (Phi) is 5.31. The molecule has 0 saturated carbocycles. The molecule has 0 aromatic carbocycles. The standard InChI is InChI=1S/C19H27N7O/c1-2-14(18-24-23-17-8-4-3-5-13-26(17)18)20-19(27)15-9-10-16(22-21-15)25-11-6-7-12-25/h9-10,14H,2-8,11-13H2,1H3,(H,20,27). The van der Waals surface area contributed by atoms with Gasteiger partial charge in [-0.15, -0.1) is 20.4 Å². The van der Waals surface area contributed by atoms with E-state index in [1.165, 1.54) is 19.3 Å². The van der Waals surface area contributed by atoms with Crippen molar-refractivity contribution in [3.05, 3.63) is 29.5 Å². The zero-order valence-corrected chi connectivity index (χ0v) is 15.9. The summed E-state index contributed by atoms with van der Waals surface area (Å²) in [4.78, 5) is 14.9. The Balaban J connectivity index is 1.47. The van der Waals surface area contributed by atoms with Crippen molar-refractivity contribution in [1.29, 1.82) is 0 Å². The number of hydrogen-bond acceptors (Lipinski definition) is 6. The Hall–Kier alpha value is -2.51. The summed E-state index contributed by atoms with van der Waals surface area (Å²) in [6.45, 7) is 4.99. The summed E-state index contributed by atoms with van der Waals surface area (Å²) in [5.74, 6) is 2.52. The second-order valence-electron chi connectivity index (χ2n) is 7.34. The number of carbonyl (C=O) groups excluding carboxylic acids is 1. The van der Waals surface area contributed by atoms with Crippen LogP contribution in [0.15, 0.2) is 12.1 Å². The molecule has 4 rings (SSSR count). The van der Waals surface area contributed by atoms with Gasteiger partial charge in [0.25, 0.3) is 5.91 Å². The Bertz CT molecular complexity index is 780. The molecule has 1 fully saturated rings. The van der Waals surface area contributed by atoms with Gasteiger partial charge in [0.05, 0.1) is 6.04 Å². The molecule has 8 heteroatoms. The van der Waals surface area contributed by atoms with E-state index in [2.05, 4.69) is 35.2 Å². The lowest BCUT2D eigenvalue weighted by Crippen LogP contribution is -2.31. The molecule has 1 N–H and O–H groups in total. The lowest BCUT2D eigenvalue weighted by Gasteiger charge is -2.18. The molecule has 0 radical (unpaired) electrons. The van der Waals surface area contributed by atoms with Gasteiger partial charge in [0.15, 0.2) is 17.3 Å². The monoisotopic (exact) mass is 369 g/mol. The lowest BCUT2D eigenvalue weighted by atomic mass is 10.2. The average molecular weight is 369 g/mol. The average Bonchev–Trinajstić information content (AvgIpc) is 3.32. The molecule has 1 unspecified atom stereocenters. The van der Waals surface area contributed by atoms with Crippen LogP contribution >= 0.6 is 0 Å². The highest BCUT2D eigenvalue weighted by Gasteiger charge is 2.24. The molecule has 2 aromatic rings. The first-order valence-electron chi connectivity index (χ1n) is 10.1. The first kappa shape index (κ1) is 17.9. The zero-order valence-electron chi connectivity index (χ0n) is 15.9. The first-order chi connectivity index (χ1) is 13.3. The van der Waals surface area contributed by atoms with E-state index < -0.39 is 0 Å². The Morgan fingerprint density at radius 2 is 1.85 bits per heavy atom. The molecular weight excluding hydrogens is 342 g/mol. The third-order valence-corrected chi connectivity index (χ3v) is 5.48. The van der Waals surface area contributed by atoms with Crippen molar-refractivity contribution in [3.63, 3.8) is 0 Å². The van der Waals surface area contributed by atoms with Crippen molar-refractivity contribution >= 4 is 11.7 Å². The van der Waals surface area contributed by atoms with E-state index in [1.807, 2.05) is 13.0 Å². The topological polar surface area (TPSA) is 88.8 Å². The fourth-order valence-electron chi connectivity index (χ4n) is 3.91. The minimum absolute atomic E-state index is 0.170. The van der Waals surface area contributed by atoms with Crippen molar-refractivity contribution in [1.82, 2.24) is 30.3 Å². The molecule has 1 saturated heterocycles. The van der Waals surface area contributed by atoms with Gasteiger partial charge in [0.1, 0.15) is 5.82 Å². The molecule has 1 amide bonds. The Morgan fingerprint density at radius 1 is 1.04 bits per heavy atom. The van der Waals surface area contributed by atoms with Crippen molar-refractivity contribution < 1.29 is 4.79 Å². The van der Waals surface area contributed by atoms with Gasteiger partial charge in [0.2, 0.25) is 0 Å². The van der Waals surface area contributed by atoms with Gasteiger partial charge in [-0.3, -0.25) is 4.79 Å². The quantitative estimate of drug-likeness (QED) is 0.870. The van der Waals surface area contributed by atoms with E-state index in [4.69, 9.17) is 0 Å². The summed E-state index contributed by atoms with van der Waals surface area (Å²) in [6.07, 6.45) is 7.58. The van der Waals surface area contributed by atoms with E-state index >= 15 is 0 Å². The number of hydrogen-bond donors (Lipinski definition) is 1. The minimum Gasteiger partial charge on any atom is -0.355 e. The van der Waals surface area contributed by atoms with Crippen molar-refractivity contribution in [2.24, 2.45) is 0 Å². The fourth-order valence-corrected chi connectivity index (χ4v) is 3.91. The van der Waals surface area contributed by atoms with Crippen molar-refractivity contribution in [2.45, 2.75) is 64.5 Å². The second kappa shape index (κ2) is 8.02. The van der Waals surface area contributed by atoms with E-state index in [0.29, 0.717) is 5.69 Å². The van der Waals surface area contributed by atoms with Crippen LogP contribution in [0.5, 0.6) is 0 Å². The number of anilines is 1. The molecule has 2 aromatic heterocycles. The van der Waals surface area contributed by atoms with Crippen LogP contribution in [-0.2, 0) is 13.0 Å². The SMILES string of the molecule is CCC(NC(=O)c1ccc(N2CCCC2)nn1)c1nnc2n1CCCCC2. The molecule has 8 nitrogen and oxygen atoms in total. The van der Waals surface area contributed by atoms with E-state index in [9.17, 15) is 4.79 Å². The molecule has 0 spiro atoms. The van der Waals surface area contributed by atoms with Gasteiger partial charge >= 0.3 is 0 Å². The molecule has 27 heavy (non-hydrogen) atoms. The van der Waals surface area contributed by atoms with Crippen LogP contribution in [0.25, 0.3) is 0 Å². The maximum Gasteiger partial charge on any atom is 0.272 e. The van der Waals surface area contributed by atoms with Crippen LogP contribution < -0.4 is 10.2 Å². The Labute approximate surface area is 159 Å². The fraction of sp³-hybridized carbons (Fsp3) is 0.632. The summed E-state index contributed by atoms with van der Waals surface area (Å²) in [7, 11) is 0. The molecule has 0 aliphatic carbocycles. The second-order valence-corrected chi connectivity index (χ2v) is 7.34. The van der Waals surface area contributed by atoms with Crippen LogP contribution in [-0.4, -0.2) is 44.0 Å². The number of amides is 1. The normalized spacial score (nSPS) is 18.0. The number of carbonyl (C=O) groups is 1.